The van der Waals surface area contributed by atoms with Crippen molar-refractivity contribution in [2.45, 2.75) is 19.3 Å². The van der Waals surface area contributed by atoms with Gasteiger partial charge in [-0.05, 0) is 37.2 Å². The summed E-state index contributed by atoms with van der Waals surface area (Å²) in [5, 5.41) is 5.93. The monoisotopic (exact) mass is 228 g/mol. The van der Waals surface area contributed by atoms with Crippen molar-refractivity contribution in [2.75, 3.05) is 18.9 Å². The highest BCUT2D eigenvalue weighted by atomic mass is 16.1. The number of benzene rings is 1. The van der Waals surface area contributed by atoms with E-state index in [9.17, 15) is 4.79 Å². The minimum Gasteiger partial charge on any atom is -0.326 e. The van der Waals surface area contributed by atoms with Gasteiger partial charge in [-0.15, -0.1) is 0 Å². The predicted octanol–water partition coefficient (Wildman–Crippen LogP) is 1.53. The van der Waals surface area contributed by atoms with Gasteiger partial charge in [0.05, 0.1) is 0 Å². The first kappa shape index (κ1) is 11.7. The van der Waals surface area contributed by atoms with E-state index in [1.165, 1.54) is 5.56 Å². The lowest BCUT2D eigenvalue weighted by Crippen LogP contribution is -2.18. The largest absolute Gasteiger partial charge is 0.326 e. The number of aryl methyl sites for hydroxylation is 1. The van der Waals surface area contributed by atoms with Gasteiger partial charge in [0.1, 0.15) is 0 Å². The first-order valence-electron chi connectivity index (χ1n) is 5.86. The van der Waals surface area contributed by atoms with Gasteiger partial charge in [0.25, 0.3) is 0 Å². The molecule has 3 nitrogen and oxygen atoms in total. The number of amides is 1. The minimum atomic E-state index is 0.102. The lowest BCUT2D eigenvalue weighted by molar-refractivity contribution is -0.116. The Kier molecular flexibility index (Phi) is 3.79. The maximum absolute atomic E-state index is 11.2. The fourth-order valence-corrected chi connectivity index (χ4v) is 1.81. The summed E-state index contributed by atoms with van der Waals surface area (Å²) in [5.74, 6) is 6.36. The van der Waals surface area contributed by atoms with Gasteiger partial charge < -0.3 is 10.6 Å². The number of carbonyl (C=O) groups excluding carboxylic acids is 1. The molecular formula is C14H16N2O. The van der Waals surface area contributed by atoms with E-state index < -0.39 is 0 Å². The molecule has 1 amide bonds. The van der Waals surface area contributed by atoms with Crippen LogP contribution in [0.25, 0.3) is 0 Å². The number of hydrogen-bond acceptors (Lipinski definition) is 2. The number of rotatable bonds is 2. The van der Waals surface area contributed by atoms with Crippen LogP contribution in [0.1, 0.15) is 24.0 Å². The number of hydrogen-bond donors (Lipinski definition) is 2. The first-order chi connectivity index (χ1) is 8.29. The van der Waals surface area contributed by atoms with E-state index in [4.69, 9.17) is 0 Å². The summed E-state index contributed by atoms with van der Waals surface area (Å²) in [6, 6.07) is 5.96. The molecule has 0 fully saturated rings. The van der Waals surface area contributed by atoms with Gasteiger partial charge >= 0.3 is 0 Å². The third-order valence-electron chi connectivity index (χ3n) is 2.73. The topological polar surface area (TPSA) is 41.1 Å². The summed E-state index contributed by atoms with van der Waals surface area (Å²) >= 11 is 0. The zero-order chi connectivity index (χ0) is 12.1. The van der Waals surface area contributed by atoms with Gasteiger partial charge in [-0.3, -0.25) is 4.79 Å². The van der Waals surface area contributed by atoms with E-state index in [-0.39, 0.29) is 5.91 Å². The van der Waals surface area contributed by atoms with Crippen LogP contribution in [0.5, 0.6) is 0 Å². The second kappa shape index (κ2) is 5.51. The molecule has 0 aromatic heterocycles. The highest BCUT2D eigenvalue weighted by Crippen LogP contribution is 2.23. The lowest BCUT2D eigenvalue weighted by Gasteiger charge is -2.16. The van der Waals surface area contributed by atoms with E-state index in [1.54, 1.807) is 0 Å². The molecule has 0 spiro atoms. The van der Waals surface area contributed by atoms with Crippen molar-refractivity contribution >= 4 is 11.6 Å². The molecule has 3 heteroatoms. The molecule has 0 saturated heterocycles. The molecule has 0 saturated carbocycles. The second-order valence-corrected chi connectivity index (χ2v) is 4.08. The lowest BCUT2D eigenvalue weighted by atomic mass is 10.0. The quantitative estimate of drug-likeness (QED) is 0.595. The highest BCUT2D eigenvalue weighted by molar-refractivity contribution is 5.93. The molecule has 0 aliphatic carbocycles. The van der Waals surface area contributed by atoms with Gasteiger partial charge in [-0.2, -0.15) is 0 Å². The van der Waals surface area contributed by atoms with E-state index in [1.807, 2.05) is 19.2 Å². The predicted molar refractivity (Wildman–Crippen MR) is 68.8 cm³/mol. The number of anilines is 1. The van der Waals surface area contributed by atoms with Gasteiger partial charge in [-0.25, -0.2) is 0 Å². The smallest absolute Gasteiger partial charge is 0.224 e. The molecule has 1 aromatic carbocycles. The van der Waals surface area contributed by atoms with E-state index in [2.05, 4.69) is 28.5 Å². The van der Waals surface area contributed by atoms with Crippen LogP contribution >= 0.6 is 0 Å². The Morgan fingerprint density at radius 2 is 2.29 bits per heavy atom. The van der Waals surface area contributed by atoms with Crippen molar-refractivity contribution in [3.05, 3.63) is 29.3 Å². The fraction of sp³-hybridized carbons (Fsp3) is 0.357. The highest BCUT2D eigenvalue weighted by Gasteiger charge is 2.13. The van der Waals surface area contributed by atoms with Crippen LogP contribution in [-0.4, -0.2) is 19.5 Å². The number of carbonyl (C=O) groups is 1. The molecule has 17 heavy (non-hydrogen) atoms. The molecule has 1 aromatic rings. The molecular weight excluding hydrogens is 212 g/mol. The molecule has 1 aliphatic rings. The number of nitrogens with one attached hydrogen (secondary N) is 2. The maximum atomic E-state index is 11.2. The molecule has 2 N–H and O–H groups in total. The molecule has 1 aliphatic heterocycles. The van der Waals surface area contributed by atoms with Crippen molar-refractivity contribution in [3.63, 3.8) is 0 Å². The summed E-state index contributed by atoms with van der Waals surface area (Å²) in [4.78, 5) is 11.2. The SMILES string of the molecule is CNCCC#Cc1ccc2c(c1)CCC(=O)N2. The Morgan fingerprint density at radius 1 is 1.41 bits per heavy atom. The van der Waals surface area contributed by atoms with E-state index in [0.29, 0.717) is 6.42 Å². The summed E-state index contributed by atoms with van der Waals surface area (Å²) in [6.45, 7) is 0.911. The average Bonchev–Trinajstić information content (AvgIpc) is 2.35. The van der Waals surface area contributed by atoms with Crippen molar-refractivity contribution in [1.82, 2.24) is 5.32 Å². The zero-order valence-corrected chi connectivity index (χ0v) is 9.97. The van der Waals surface area contributed by atoms with Crippen LogP contribution in [0.15, 0.2) is 18.2 Å². The standard InChI is InChI=1S/C14H16N2O/c1-15-9-3-2-4-11-5-7-13-12(10-11)6-8-14(17)16-13/h5,7,10,15H,3,6,8-9H2,1H3,(H,16,17). The summed E-state index contributed by atoms with van der Waals surface area (Å²) in [5.41, 5.74) is 3.14. The van der Waals surface area contributed by atoms with Crippen molar-refractivity contribution < 1.29 is 4.79 Å². The van der Waals surface area contributed by atoms with Crippen LogP contribution in [-0.2, 0) is 11.2 Å². The molecule has 1 heterocycles. The van der Waals surface area contributed by atoms with Crippen molar-refractivity contribution in [3.8, 4) is 11.8 Å². The Morgan fingerprint density at radius 3 is 3.12 bits per heavy atom. The minimum absolute atomic E-state index is 0.102. The third-order valence-corrected chi connectivity index (χ3v) is 2.73. The second-order valence-electron chi connectivity index (χ2n) is 4.08. The first-order valence-corrected chi connectivity index (χ1v) is 5.86. The van der Waals surface area contributed by atoms with Gasteiger partial charge in [0, 0.05) is 30.6 Å². The summed E-state index contributed by atoms with van der Waals surface area (Å²) in [7, 11) is 1.92. The van der Waals surface area contributed by atoms with Crippen LogP contribution in [0.2, 0.25) is 0 Å². The molecule has 88 valence electrons. The van der Waals surface area contributed by atoms with Gasteiger partial charge in [-0.1, -0.05) is 11.8 Å². The van der Waals surface area contributed by atoms with Crippen LogP contribution in [0.3, 0.4) is 0 Å². The van der Waals surface area contributed by atoms with Gasteiger partial charge in [0.2, 0.25) is 5.91 Å². The molecule has 0 atom stereocenters. The van der Waals surface area contributed by atoms with Gasteiger partial charge in [0.15, 0.2) is 0 Å². The Balaban J connectivity index is 2.10. The Labute approximate surface area is 102 Å². The normalized spacial score (nSPS) is 13.4. The van der Waals surface area contributed by atoms with Crippen LogP contribution < -0.4 is 10.6 Å². The zero-order valence-electron chi connectivity index (χ0n) is 9.97. The number of fused-ring (bicyclic) bond motifs is 1. The average molecular weight is 228 g/mol. The molecule has 2 rings (SSSR count). The van der Waals surface area contributed by atoms with Crippen LogP contribution in [0.4, 0.5) is 5.69 Å². The van der Waals surface area contributed by atoms with E-state index >= 15 is 0 Å². The third kappa shape index (κ3) is 3.08. The maximum Gasteiger partial charge on any atom is 0.224 e. The Bertz CT molecular complexity index is 483. The fourth-order valence-electron chi connectivity index (χ4n) is 1.81. The molecule has 0 unspecified atom stereocenters. The van der Waals surface area contributed by atoms with E-state index in [0.717, 1.165) is 30.6 Å². The van der Waals surface area contributed by atoms with Crippen LogP contribution in [0, 0.1) is 11.8 Å². The van der Waals surface area contributed by atoms with Crippen molar-refractivity contribution in [1.29, 1.82) is 0 Å². The van der Waals surface area contributed by atoms with Crippen molar-refractivity contribution in [2.24, 2.45) is 0 Å². The Hall–Kier alpha value is -1.79. The summed E-state index contributed by atoms with van der Waals surface area (Å²) < 4.78 is 0. The molecule has 0 bridgehead atoms. The molecule has 0 radical (unpaired) electrons. The summed E-state index contributed by atoms with van der Waals surface area (Å²) in [6.07, 6.45) is 2.24.